The van der Waals surface area contributed by atoms with Gasteiger partial charge in [0.15, 0.2) is 0 Å². The van der Waals surface area contributed by atoms with Gasteiger partial charge in [-0.2, -0.15) is 0 Å². The van der Waals surface area contributed by atoms with Crippen molar-refractivity contribution in [2.75, 3.05) is 6.54 Å². The van der Waals surface area contributed by atoms with Crippen LogP contribution in [0, 0.1) is 5.92 Å². The van der Waals surface area contributed by atoms with Crippen molar-refractivity contribution in [2.24, 2.45) is 11.7 Å². The molecule has 2 aromatic rings. The molecular formula is C18H23N3O2. The summed E-state index contributed by atoms with van der Waals surface area (Å²) in [6.45, 7) is 2.50. The smallest absolute Gasteiger partial charge is 0.223 e. The summed E-state index contributed by atoms with van der Waals surface area (Å²) in [5.41, 5.74) is 7.66. The zero-order valence-corrected chi connectivity index (χ0v) is 13.4. The van der Waals surface area contributed by atoms with Crippen molar-refractivity contribution in [3.05, 3.63) is 36.0 Å². The summed E-state index contributed by atoms with van der Waals surface area (Å²) < 4.78 is 0. The number of nitrogens with zero attached hydrogens (tertiary/aromatic N) is 1. The Balaban J connectivity index is 1.65. The first-order chi connectivity index (χ1) is 11.1. The molecule has 2 atom stereocenters. The van der Waals surface area contributed by atoms with Crippen molar-refractivity contribution in [2.45, 2.75) is 38.6 Å². The van der Waals surface area contributed by atoms with E-state index in [1.54, 1.807) is 0 Å². The summed E-state index contributed by atoms with van der Waals surface area (Å²) in [5.74, 6) is -0.400. The number of likely N-dealkylation sites (tertiary alicyclic amines) is 1. The number of benzene rings is 1. The standard InChI is InChI=1S/C18H23N3O2/c1-12-6-7-14(18(19)23)11-21(12)17(22)9-8-13-10-20-16-5-3-2-4-15(13)16/h2-5,10,12,14,20H,6-9,11H2,1H3,(H2,19,23)/t12-,14-/m0/s1. The number of carbonyl (C=O) groups is 2. The fraction of sp³-hybridized carbons (Fsp3) is 0.444. The Morgan fingerprint density at radius 1 is 1.30 bits per heavy atom. The van der Waals surface area contributed by atoms with Crippen LogP contribution in [0.2, 0.25) is 0 Å². The Bertz CT molecular complexity index is 722. The van der Waals surface area contributed by atoms with E-state index in [9.17, 15) is 9.59 Å². The number of aromatic nitrogens is 1. The Labute approximate surface area is 135 Å². The zero-order valence-electron chi connectivity index (χ0n) is 13.4. The van der Waals surface area contributed by atoms with E-state index in [1.165, 1.54) is 5.39 Å². The van der Waals surface area contributed by atoms with E-state index in [0.717, 1.165) is 23.9 Å². The van der Waals surface area contributed by atoms with Crippen LogP contribution in [0.5, 0.6) is 0 Å². The highest BCUT2D eigenvalue weighted by atomic mass is 16.2. The molecule has 5 nitrogen and oxygen atoms in total. The number of nitrogens with two attached hydrogens (primary N) is 1. The monoisotopic (exact) mass is 313 g/mol. The molecule has 2 heterocycles. The summed E-state index contributed by atoms with van der Waals surface area (Å²) in [4.78, 5) is 29.0. The third kappa shape index (κ3) is 3.23. The highest BCUT2D eigenvalue weighted by molar-refractivity contribution is 5.84. The van der Waals surface area contributed by atoms with E-state index in [0.29, 0.717) is 19.4 Å². The lowest BCUT2D eigenvalue weighted by molar-refractivity contribution is -0.137. The first-order valence-electron chi connectivity index (χ1n) is 8.20. The van der Waals surface area contributed by atoms with Gasteiger partial charge < -0.3 is 15.6 Å². The van der Waals surface area contributed by atoms with Crippen LogP contribution in [0.25, 0.3) is 10.9 Å². The number of H-pyrrole nitrogens is 1. The van der Waals surface area contributed by atoms with Crippen molar-refractivity contribution < 1.29 is 9.59 Å². The van der Waals surface area contributed by atoms with E-state index in [2.05, 4.69) is 11.1 Å². The topological polar surface area (TPSA) is 79.2 Å². The number of piperidine rings is 1. The number of aromatic amines is 1. The predicted molar refractivity (Wildman–Crippen MR) is 89.7 cm³/mol. The van der Waals surface area contributed by atoms with Gasteiger partial charge in [0.05, 0.1) is 5.92 Å². The van der Waals surface area contributed by atoms with Crippen molar-refractivity contribution in [1.82, 2.24) is 9.88 Å². The van der Waals surface area contributed by atoms with E-state index < -0.39 is 0 Å². The lowest BCUT2D eigenvalue weighted by Crippen LogP contribution is -2.48. The second-order valence-electron chi connectivity index (χ2n) is 6.43. The van der Waals surface area contributed by atoms with Crippen LogP contribution in [0.3, 0.4) is 0 Å². The number of carbonyl (C=O) groups excluding carboxylic acids is 2. The van der Waals surface area contributed by atoms with Gasteiger partial charge in [0.1, 0.15) is 0 Å². The molecule has 0 bridgehead atoms. The Hall–Kier alpha value is -2.30. The van der Waals surface area contributed by atoms with Crippen LogP contribution in [0.1, 0.15) is 31.7 Å². The van der Waals surface area contributed by atoms with Gasteiger partial charge in [-0.1, -0.05) is 18.2 Å². The molecule has 0 radical (unpaired) electrons. The minimum atomic E-state index is -0.300. The lowest BCUT2D eigenvalue weighted by atomic mass is 9.92. The second kappa shape index (κ2) is 6.44. The largest absolute Gasteiger partial charge is 0.369 e. The summed E-state index contributed by atoms with van der Waals surface area (Å²) in [5, 5.41) is 1.17. The Kier molecular flexibility index (Phi) is 4.37. The number of nitrogens with one attached hydrogen (secondary N) is 1. The molecule has 0 spiro atoms. The van der Waals surface area contributed by atoms with Gasteiger partial charge in [0.25, 0.3) is 0 Å². The normalized spacial score (nSPS) is 21.5. The molecule has 1 aromatic heterocycles. The molecule has 0 saturated carbocycles. The van der Waals surface area contributed by atoms with E-state index in [-0.39, 0.29) is 23.8 Å². The molecule has 0 unspecified atom stereocenters. The minimum absolute atomic E-state index is 0.105. The predicted octanol–water partition coefficient (Wildman–Crippen LogP) is 2.21. The van der Waals surface area contributed by atoms with Crippen molar-refractivity contribution in [1.29, 1.82) is 0 Å². The third-order valence-electron chi connectivity index (χ3n) is 4.89. The van der Waals surface area contributed by atoms with Crippen LogP contribution < -0.4 is 5.73 Å². The van der Waals surface area contributed by atoms with E-state index in [4.69, 9.17) is 5.73 Å². The molecule has 1 aliphatic rings. The van der Waals surface area contributed by atoms with Crippen molar-refractivity contribution in [3.63, 3.8) is 0 Å². The highest BCUT2D eigenvalue weighted by Gasteiger charge is 2.31. The molecular weight excluding hydrogens is 290 g/mol. The summed E-state index contributed by atoms with van der Waals surface area (Å²) in [6, 6.07) is 8.28. The van der Waals surface area contributed by atoms with E-state index >= 15 is 0 Å². The molecule has 1 fully saturated rings. The maximum Gasteiger partial charge on any atom is 0.223 e. The molecule has 23 heavy (non-hydrogen) atoms. The number of hydrogen-bond donors (Lipinski definition) is 2. The average molecular weight is 313 g/mol. The molecule has 2 amide bonds. The maximum atomic E-state index is 12.6. The number of hydrogen-bond acceptors (Lipinski definition) is 2. The molecule has 1 aliphatic heterocycles. The number of fused-ring (bicyclic) bond motifs is 1. The van der Waals surface area contributed by atoms with Gasteiger partial charge in [-0.05, 0) is 37.8 Å². The molecule has 3 rings (SSSR count). The number of amides is 2. The first-order valence-corrected chi connectivity index (χ1v) is 8.20. The SMILES string of the molecule is C[C@H]1CC[C@H](C(N)=O)CN1C(=O)CCc1c[nH]c2ccccc12. The van der Waals surface area contributed by atoms with Crippen LogP contribution in [-0.4, -0.2) is 34.3 Å². The molecule has 5 heteroatoms. The zero-order chi connectivity index (χ0) is 16.4. The van der Waals surface area contributed by atoms with Gasteiger partial charge in [0.2, 0.25) is 11.8 Å². The molecule has 1 saturated heterocycles. The number of aryl methyl sites for hydroxylation is 1. The fourth-order valence-electron chi connectivity index (χ4n) is 3.41. The minimum Gasteiger partial charge on any atom is -0.369 e. The molecule has 1 aromatic carbocycles. The number of rotatable bonds is 4. The summed E-state index contributed by atoms with van der Waals surface area (Å²) in [6.07, 6.45) is 4.75. The molecule has 3 N–H and O–H groups in total. The third-order valence-corrected chi connectivity index (χ3v) is 4.89. The molecule has 0 aliphatic carbocycles. The summed E-state index contributed by atoms with van der Waals surface area (Å²) >= 11 is 0. The van der Waals surface area contributed by atoms with Gasteiger partial charge in [-0.3, -0.25) is 9.59 Å². The Morgan fingerprint density at radius 3 is 2.87 bits per heavy atom. The van der Waals surface area contributed by atoms with Crippen LogP contribution >= 0.6 is 0 Å². The quantitative estimate of drug-likeness (QED) is 0.907. The number of primary amides is 1. The van der Waals surface area contributed by atoms with Crippen LogP contribution in [0.15, 0.2) is 30.5 Å². The highest BCUT2D eigenvalue weighted by Crippen LogP contribution is 2.24. The van der Waals surface area contributed by atoms with E-state index in [1.807, 2.05) is 36.2 Å². The fourth-order valence-corrected chi connectivity index (χ4v) is 3.41. The van der Waals surface area contributed by atoms with Gasteiger partial charge >= 0.3 is 0 Å². The van der Waals surface area contributed by atoms with Crippen LogP contribution in [-0.2, 0) is 16.0 Å². The first kappa shape index (κ1) is 15.6. The molecule has 122 valence electrons. The summed E-state index contributed by atoms with van der Waals surface area (Å²) in [7, 11) is 0. The Morgan fingerprint density at radius 2 is 2.09 bits per heavy atom. The van der Waals surface area contributed by atoms with Gasteiger partial charge in [0, 0.05) is 36.1 Å². The second-order valence-corrected chi connectivity index (χ2v) is 6.43. The van der Waals surface area contributed by atoms with Crippen molar-refractivity contribution in [3.8, 4) is 0 Å². The van der Waals surface area contributed by atoms with Crippen molar-refractivity contribution >= 4 is 22.7 Å². The van der Waals surface area contributed by atoms with Crippen LogP contribution in [0.4, 0.5) is 0 Å². The average Bonchev–Trinajstić information content (AvgIpc) is 2.96. The van der Waals surface area contributed by atoms with Gasteiger partial charge in [-0.25, -0.2) is 0 Å². The lowest BCUT2D eigenvalue weighted by Gasteiger charge is -2.37. The van der Waals surface area contributed by atoms with Gasteiger partial charge in [-0.15, -0.1) is 0 Å². The number of para-hydroxylation sites is 1. The maximum absolute atomic E-state index is 12.6.